The summed E-state index contributed by atoms with van der Waals surface area (Å²) in [6.45, 7) is 2.34. The van der Waals surface area contributed by atoms with Crippen LogP contribution >= 0.6 is 0 Å². The first-order valence-electron chi connectivity index (χ1n) is 13.3. The van der Waals surface area contributed by atoms with Crippen LogP contribution in [-0.2, 0) is 22.6 Å². The average molecular weight is 558 g/mol. The zero-order valence-corrected chi connectivity index (χ0v) is 22.8. The number of benzene rings is 3. The van der Waals surface area contributed by atoms with Crippen molar-refractivity contribution in [2.75, 3.05) is 13.2 Å². The summed E-state index contributed by atoms with van der Waals surface area (Å²) in [5.41, 5.74) is 3.46. The molecule has 4 rings (SSSR count). The number of ether oxygens (including phenoxy) is 2. The summed E-state index contributed by atoms with van der Waals surface area (Å²) in [7, 11) is 0. The zero-order chi connectivity index (χ0) is 29.2. The minimum Gasteiger partial charge on any atom is -0.490 e. The predicted molar refractivity (Wildman–Crippen MR) is 157 cm³/mol. The van der Waals surface area contributed by atoms with Crippen molar-refractivity contribution in [2.45, 2.75) is 32.7 Å². The molecule has 1 aromatic heterocycles. The lowest BCUT2D eigenvalue weighted by Crippen LogP contribution is -2.10. The predicted octanol–water partition coefficient (Wildman–Crippen LogP) is 6.77. The van der Waals surface area contributed by atoms with E-state index >= 15 is 0 Å². The van der Waals surface area contributed by atoms with Gasteiger partial charge in [0.05, 0.1) is 5.52 Å². The summed E-state index contributed by atoms with van der Waals surface area (Å²) < 4.78 is 27.7. The Labute approximate surface area is 237 Å². The van der Waals surface area contributed by atoms with Crippen molar-refractivity contribution in [2.24, 2.45) is 0 Å². The Hall–Kier alpha value is -4.85. The zero-order valence-electron chi connectivity index (χ0n) is 22.8. The highest BCUT2D eigenvalue weighted by Gasteiger charge is 2.19. The van der Waals surface area contributed by atoms with E-state index in [9.17, 15) is 19.1 Å². The normalized spacial score (nSPS) is 11.5. The number of aryl methyl sites for hydroxylation is 1. The molecule has 0 radical (unpaired) electrons. The number of carbonyl (C=O) groups is 2. The summed E-state index contributed by atoms with van der Waals surface area (Å²) >= 11 is 0. The van der Waals surface area contributed by atoms with Gasteiger partial charge < -0.3 is 24.3 Å². The lowest BCUT2D eigenvalue weighted by molar-refractivity contribution is -0.138. The first-order chi connectivity index (χ1) is 19.8. The number of hydrogen-bond donors (Lipinski definition) is 2. The molecule has 3 aromatic carbocycles. The van der Waals surface area contributed by atoms with E-state index in [-0.39, 0.29) is 13.0 Å². The van der Waals surface area contributed by atoms with Crippen LogP contribution in [0.1, 0.15) is 35.2 Å². The Morgan fingerprint density at radius 1 is 0.878 bits per heavy atom. The molecule has 0 spiro atoms. The van der Waals surface area contributed by atoms with Crippen molar-refractivity contribution in [3.63, 3.8) is 0 Å². The minimum absolute atomic E-state index is 0.0220. The summed E-state index contributed by atoms with van der Waals surface area (Å²) in [5.74, 6) is -0.874. The Bertz CT molecular complexity index is 1550. The maximum absolute atomic E-state index is 14.7. The van der Waals surface area contributed by atoms with Crippen molar-refractivity contribution in [1.29, 1.82) is 0 Å². The molecule has 0 fully saturated rings. The Morgan fingerprint density at radius 2 is 1.54 bits per heavy atom. The molecule has 212 valence electrons. The van der Waals surface area contributed by atoms with Gasteiger partial charge in [0.1, 0.15) is 37.1 Å². The van der Waals surface area contributed by atoms with Gasteiger partial charge >= 0.3 is 11.9 Å². The molecule has 0 aliphatic rings. The smallest absolute Gasteiger partial charge is 0.323 e. The number of carboxylic acids is 2. The van der Waals surface area contributed by atoms with E-state index in [4.69, 9.17) is 14.6 Å². The van der Waals surface area contributed by atoms with Gasteiger partial charge in [0.2, 0.25) is 0 Å². The maximum atomic E-state index is 14.7. The number of halogens is 1. The molecule has 41 heavy (non-hydrogen) atoms. The molecule has 0 saturated heterocycles. The molecular weight excluding hydrogens is 525 g/mol. The molecular formula is C33H32FNO6. The van der Waals surface area contributed by atoms with Gasteiger partial charge in [-0.2, -0.15) is 0 Å². The van der Waals surface area contributed by atoms with Crippen LogP contribution in [0.5, 0.6) is 11.5 Å². The van der Waals surface area contributed by atoms with E-state index in [1.54, 1.807) is 17.6 Å². The van der Waals surface area contributed by atoms with Crippen molar-refractivity contribution in [1.82, 2.24) is 4.57 Å². The number of nitrogens with zero attached hydrogens (tertiary/aromatic N) is 1. The number of rotatable bonds is 14. The van der Waals surface area contributed by atoms with Crippen LogP contribution in [0.4, 0.5) is 4.39 Å². The maximum Gasteiger partial charge on any atom is 0.323 e. The van der Waals surface area contributed by atoms with Crippen LogP contribution < -0.4 is 9.47 Å². The Kier molecular flexibility index (Phi) is 9.94. The molecule has 2 N–H and O–H groups in total. The number of para-hydroxylation sites is 1. The van der Waals surface area contributed by atoms with Crippen LogP contribution in [0.3, 0.4) is 0 Å². The van der Waals surface area contributed by atoms with Crippen molar-refractivity contribution in [3.8, 4) is 11.5 Å². The van der Waals surface area contributed by atoms with Crippen LogP contribution in [0.15, 0.2) is 78.9 Å². The molecule has 1 heterocycles. The Morgan fingerprint density at radius 3 is 2.17 bits per heavy atom. The second-order valence-electron chi connectivity index (χ2n) is 9.49. The molecule has 0 bridgehead atoms. The quantitative estimate of drug-likeness (QED) is 0.131. The summed E-state index contributed by atoms with van der Waals surface area (Å²) in [6, 6.07) is 19.8. The lowest BCUT2D eigenvalue weighted by atomic mass is 10.0. The molecule has 0 aliphatic carbocycles. The summed E-state index contributed by atoms with van der Waals surface area (Å²) in [5, 5.41) is 19.1. The standard InChI is InChI=1S/C33H32FNO6/c1-23-29(10-7-11-31(36)37)30-21-26(34)20-25(33(30)35(23)22-32(38)39)15-12-24-13-16-28(17-14-24)41-19-6-5-18-40-27-8-3-2-4-9-27/h2-6,8-9,12-17,20-21H,7,10-11,18-19,22H2,1H3,(H,36,37)(H,38,39). The van der Waals surface area contributed by atoms with Crippen LogP contribution in [0, 0.1) is 12.7 Å². The van der Waals surface area contributed by atoms with Crippen molar-refractivity contribution in [3.05, 3.63) is 107 Å². The first-order valence-corrected chi connectivity index (χ1v) is 13.3. The fraction of sp³-hybridized carbons (Fsp3) is 0.212. The van der Waals surface area contributed by atoms with Crippen LogP contribution in [0.2, 0.25) is 0 Å². The molecule has 0 unspecified atom stereocenters. The van der Waals surface area contributed by atoms with Crippen LogP contribution in [-0.4, -0.2) is 39.9 Å². The highest BCUT2D eigenvalue weighted by molar-refractivity contribution is 5.95. The number of aliphatic carboxylic acids is 2. The SMILES string of the molecule is Cc1c(CCCC(=O)O)c2cc(F)cc(C=Cc3ccc(OCC=CCOc4ccccc4)cc3)c2n1CC(=O)O. The largest absolute Gasteiger partial charge is 0.490 e. The van der Waals surface area contributed by atoms with E-state index in [2.05, 4.69) is 0 Å². The number of aromatic nitrogens is 1. The molecule has 0 atom stereocenters. The van der Waals surface area contributed by atoms with E-state index in [0.29, 0.717) is 54.0 Å². The minimum atomic E-state index is -1.02. The second kappa shape index (κ2) is 14.0. The van der Waals surface area contributed by atoms with Crippen molar-refractivity contribution < 1.29 is 33.7 Å². The molecule has 8 heteroatoms. The van der Waals surface area contributed by atoms with Crippen molar-refractivity contribution >= 4 is 35.0 Å². The fourth-order valence-electron chi connectivity index (χ4n) is 4.67. The molecule has 7 nitrogen and oxygen atoms in total. The number of fused-ring (bicyclic) bond motifs is 1. The van der Waals surface area contributed by atoms with Gasteiger partial charge in [0.15, 0.2) is 0 Å². The summed E-state index contributed by atoms with van der Waals surface area (Å²) in [4.78, 5) is 22.6. The Balaban J connectivity index is 1.46. The monoisotopic (exact) mass is 557 g/mol. The topological polar surface area (TPSA) is 98.0 Å². The van der Waals surface area contributed by atoms with Gasteiger partial charge in [-0.1, -0.05) is 42.5 Å². The van der Waals surface area contributed by atoms with E-state index < -0.39 is 17.8 Å². The second-order valence-corrected chi connectivity index (χ2v) is 9.49. The third-order valence-corrected chi connectivity index (χ3v) is 6.59. The molecule has 0 amide bonds. The van der Waals surface area contributed by atoms with Gasteiger partial charge in [0, 0.05) is 23.1 Å². The van der Waals surface area contributed by atoms with Gasteiger partial charge in [-0.15, -0.1) is 0 Å². The molecule has 4 aromatic rings. The van der Waals surface area contributed by atoms with E-state index in [1.807, 2.05) is 72.8 Å². The van der Waals surface area contributed by atoms with Gasteiger partial charge in [0.25, 0.3) is 0 Å². The van der Waals surface area contributed by atoms with Gasteiger partial charge in [-0.3, -0.25) is 9.59 Å². The van der Waals surface area contributed by atoms with Gasteiger partial charge in [-0.05, 0) is 79.4 Å². The van der Waals surface area contributed by atoms with E-state index in [0.717, 1.165) is 16.9 Å². The lowest BCUT2D eigenvalue weighted by Gasteiger charge is -2.08. The average Bonchev–Trinajstić information content (AvgIpc) is 3.20. The summed E-state index contributed by atoms with van der Waals surface area (Å²) in [6.07, 6.45) is 8.12. The van der Waals surface area contributed by atoms with Gasteiger partial charge in [-0.25, -0.2) is 4.39 Å². The number of hydrogen-bond acceptors (Lipinski definition) is 4. The van der Waals surface area contributed by atoms with Crippen LogP contribution in [0.25, 0.3) is 23.1 Å². The number of carboxylic acid groups (broad SMARTS) is 2. The molecule has 0 aliphatic heterocycles. The highest BCUT2D eigenvalue weighted by Crippen LogP contribution is 2.32. The first kappa shape index (κ1) is 29.1. The third-order valence-electron chi connectivity index (χ3n) is 6.59. The highest BCUT2D eigenvalue weighted by atomic mass is 19.1. The fourth-order valence-corrected chi connectivity index (χ4v) is 4.67. The van der Waals surface area contributed by atoms with E-state index in [1.165, 1.54) is 12.1 Å². The third kappa shape index (κ3) is 8.08. The molecule has 0 saturated carbocycles.